The lowest BCUT2D eigenvalue weighted by molar-refractivity contribution is -0.145. The first-order valence-electron chi connectivity index (χ1n) is 9.08. The molecule has 0 spiro atoms. The lowest BCUT2D eigenvalue weighted by Crippen LogP contribution is -2.18. The molecule has 1 aliphatic rings. The Morgan fingerprint density at radius 3 is 2.61 bits per heavy atom. The molecule has 28 heavy (non-hydrogen) atoms. The van der Waals surface area contributed by atoms with E-state index >= 15 is 0 Å². The first-order valence-corrected chi connectivity index (χ1v) is 10.4. The van der Waals surface area contributed by atoms with Crippen LogP contribution in [0.3, 0.4) is 0 Å². The molecule has 3 nitrogen and oxygen atoms in total. The molecule has 3 aromatic carbocycles. The van der Waals surface area contributed by atoms with Crippen molar-refractivity contribution < 1.29 is 14.6 Å². The molecule has 0 bridgehead atoms. The molecule has 0 radical (unpaired) electrons. The van der Waals surface area contributed by atoms with Crippen LogP contribution >= 0.6 is 23.4 Å². The average molecular weight is 411 g/mol. The Kier molecular flexibility index (Phi) is 5.60. The molecular formula is C23H19ClO3S. The van der Waals surface area contributed by atoms with Crippen LogP contribution in [-0.4, -0.2) is 16.8 Å². The van der Waals surface area contributed by atoms with Gasteiger partial charge in [0.2, 0.25) is 6.10 Å². The highest BCUT2D eigenvalue weighted by Gasteiger charge is 2.24. The maximum atomic E-state index is 11.7. The fraction of sp³-hybridized carbons (Fsp3) is 0.174. The number of hydrogen-bond acceptors (Lipinski definition) is 3. The summed E-state index contributed by atoms with van der Waals surface area (Å²) in [4.78, 5) is 13.0. The summed E-state index contributed by atoms with van der Waals surface area (Å²) in [5.41, 5.74) is 3.09. The Morgan fingerprint density at radius 1 is 1.07 bits per heavy atom. The third-order valence-corrected chi connectivity index (χ3v) is 6.23. The molecule has 3 aromatic rings. The Balaban J connectivity index is 1.56. The van der Waals surface area contributed by atoms with Crippen LogP contribution in [0.2, 0.25) is 5.02 Å². The van der Waals surface area contributed by atoms with Crippen molar-refractivity contribution >= 4 is 29.3 Å². The molecular weight excluding hydrogens is 392 g/mol. The molecule has 0 fully saturated rings. The molecule has 0 saturated heterocycles. The number of hydrogen-bond donors (Lipinski definition) is 1. The van der Waals surface area contributed by atoms with Crippen molar-refractivity contribution in [1.29, 1.82) is 0 Å². The number of thioether (sulfide) groups is 1. The predicted octanol–water partition coefficient (Wildman–Crippen LogP) is 6.17. The monoisotopic (exact) mass is 410 g/mol. The highest BCUT2D eigenvalue weighted by atomic mass is 35.5. The van der Waals surface area contributed by atoms with E-state index in [9.17, 15) is 9.90 Å². The summed E-state index contributed by atoms with van der Waals surface area (Å²) in [5.74, 6) is 0.921. The lowest BCUT2D eigenvalue weighted by Gasteiger charge is -2.25. The highest BCUT2D eigenvalue weighted by Crippen LogP contribution is 2.41. The van der Waals surface area contributed by atoms with Gasteiger partial charge in [-0.2, -0.15) is 0 Å². The number of carboxylic acids is 1. The Hall–Kier alpha value is -2.43. The minimum atomic E-state index is -1.10. The molecule has 0 aliphatic carbocycles. The van der Waals surface area contributed by atoms with E-state index in [-0.39, 0.29) is 0 Å². The number of halogens is 1. The van der Waals surface area contributed by atoms with Crippen LogP contribution in [0.5, 0.6) is 5.75 Å². The van der Waals surface area contributed by atoms with Crippen LogP contribution in [-0.2, 0) is 4.79 Å². The van der Waals surface area contributed by atoms with E-state index in [0.717, 1.165) is 12.2 Å². The van der Waals surface area contributed by atoms with E-state index in [1.165, 1.54) is 16.0 Å². The summed E-state index contributed by atoms with van der Waals surface area (Å²) < 4.78 is 5.77. The Morgan fingerprint density at radius 2 is 1.86 bits per heavy atom. The maximum absolute atomic E-state index is 11.7. The summed E-state index contributed by atoms with van der Waals surface area (Å²) in [5, 5.41) is 10.1. The smallest absolute Gasteiger partial charge is 0.349 e. The molecule has 1 aliphatic heterocycles. The minimum Gasteiger partial charge on any atom is -0.478 e. The van der Waals surface area contributed by atoms with E-state index in [2.05, 4.69) is 24.3 Å². The van der Waals surface area contributed by atoms with Gasteiger partial charge in [-0.15, -0.1) is 11.8 Å². The molecule has 0 saturated carbocycles. The van der Waals surface area contributed by atoms with Gasteiger partial charge in [-0.3, -0.25) is 0 Å². The number of aliphatic carboxylic acids is 1. The number of carboxylic acid groups (broad SMARTS) is 1. The largest absolute Gasteiger partial charge is 0.478 e. The second-order valence-electron chi connectivity index (χ2n) is 6.69. The topological polar surface area (TPSA) is 46.5 Å². The van der Waals surface area contributed by atoms with Crippen LogP contribution < -0.4 is 4.74 Å². The molecule has 5 heteroatoms. The third kappa shape index (κ3) is 4.03. The summed E-state index contributed by atoms with van der Waals surface area (Å²) in [7, 11) is 0. The van der Waals surface area contributed by atoms with Gasteiger partial charge in [0.05, 0.1) is 0 Å². The number of fused-ring (bicyclic) bond motifs is 1. The van der Waals surface area contributed by atoms with Crippen molar-refractivity contribution in [3.63, 3.8) is 0 Å². The van der Waals surface area contributed by atoms with E-state index in [0.29, 0.717) is 22.3 Å². The summed E-state index contributed by atoms with van der Waals surface area (Å²) >= 11 is 7.89. The summed E-state index contributed by atoms with van der Waals surface area (Å²) in [6.45, 7) is 0. The van der Waals surface area contributed by atoms with E-state index in [1.807, 2.05) is 36.0 Å². The van der Waals surface area contributed by atoms with Crippen molar-refractivity contribution in [2.45, 2.75) is 23.3 Å². The van der Waals surface area contributed by atoms with E-state index in [1.54, 1.807) is 24.3 Å². The Bertz CT molecular complexity index is 987. The quantitative estimate of drug-likeness (QED) is 0.546. The predicted molar refractivity (Wildman–Crippen MR) is 113 cm³/mol. The van der Waals surface area contributed by atoms with Crippen molar-refractivity contribution in [2.75, 3.05) is 5.75 Å². The molecule has 1 heterocycles. The van der Waals surface area contributed by atoms with Gasteiger partial charge in [0.15, 0.2) is 0 Å². The number of rotatable bonds is 5. The van der Waals surface area contributed by atoms with Crippen LogP contribution in [0.15, 0.2) is 77.7 Å². The first kappa shape index (κ1) is 18.9. The fourth-order valence-corrected chi connectivity index (χ4v) is 4.86. The molecule has 0 aromatic heterocycles. The van der Waals surface area contributed by atoms with Crippen LogP contribution in [0.25, 0.3) is 0 Å². The van der Waals surface area contributed by atoms with Gasteiger partial charge in [0.1, 0.15) is 5.75 Å². The molecule has 4 rings (SSSR count). The van der Waals surface area contributed by atoms with Crippen LogP contribution in [0.1, 0.15) is 35.1 Å². The average Bonchev–Trinajstić information content (AvgIpc) is 2.72. The zero-order chi connectivity index (χ0) is 19.5. The van der Waals surface area contributed by atoms with E-state index < -0.39 is 12.1 Å². The molecule has 2 atom stereocenters. The standard InChI is InChI=1S/C23H19ClO3S/c24-17-5-3-4-16(14-17)22(23(25)26)27-18-10-8-15(9-11-18)19-12-13-28-21-7-2-1-6-20(19)21/h1-11,14,19,22H,12-13H2,(H,25,26). The normalized spacial score (nSPS) is 16.8. The SMILES string of the molecule is O=C(O)C(Oc1ccc(C2CCSc3ccccc32)cc1)c1cccc(Cl)c1. The van der Waals surface area contributed by atoms with Gasteiger partial charge < -0.3 is 9.84 Å². The van der Waals surface area contributed by atoms with Crippen LogP contribution in [0.4, 0.5) is 0 Å². The highest BCUT2D eigenvalue weighted by molar-refractivity contribution is 7.99. The molecule has 0 amide bonds. The zero-order valence-corrected chi connectivity index (χ0v) is 16.6. The van der Waals surface area contributed by atoms with Crippen molar-refractivity contribution in [2.24, 2.45) is 0 Å². The zero-order valence-electron chi connectivity index (χ0n) is 15.0. The second-order valence-corrected chi connectivity index (χ2v) is 8.26. The summed E-state index contributed by atoms with van der Waals surface area (Å²) in [6.07, 6.45) is -0.0151. The molecule has 1 N–H and O–H groups in total. The van der Waals surface area contributed by atoms with Crippen molar-refractivity contribution in [1.82, 2.24) is 0 Å². The van der Waals surface area contributed by atoms with Gasteiger partial charge in [-0.05, 0) is 53.6 Å². The Labute approximate surface area is 173 Å². The fourth-order valence-electron chi connectivity index (χ4n) is 3.53. The van der Waals surface area contributed by atoms with Gasteiger partial charge in [0.25, 0.3) is 0 Å². The van der Waals surface area contributed by atoms with Crippen molar-refractivity contribution in [3.8, 4) is 5.75 Å². The van der Waals surface area contributed by atoms with Gasteiger partial charge in [-0.1, -0.05) is 54.1 Å². The summed E-state index contributed by atoms with van der Waals surface area (Å²) in [6, 6.07) is 23.0. The van der Waals surface area contributed by atoms with E-state index in [4.69, 9.17) is 16.3 Å². The van der Waals surface area contributed by atoms with Crippen molar-refractivity contribution in [3.05, 3.63) is 94.5 Å². The molecule has 2 unspecified atom stereocenters. The number of benzene rings is 3. The van der Waals surface area contributed by atoms with Gasteiger partial charge in [0, 0.05) is 21.4 Å². The minimum absolute atomic E-state index is 0.356. The second kappa shape index (κ2) is 8.29. The van der Waals surface area contributed by atoms with Crippen LogP contribution in [0, 0.1) is 0 Å². The number of ether oxygens (including phenoxy) is 1. The number of carbonyl (C=O) groups is 1. The third-order valence-electron chi connectivity index (χ3n) is 4.87. The first-order chi connectivity index (χ1) is 13.6. The van der Waals surface area contributed by atoms with Gasteiger partial charge >= 0.3 is 5.97 Å². The maximum Gasteiger partial charge on any atom is 0.349 e. The lowest BCUT2D eigenvalue weighted by atomic mass is 9.89. The molecule has 142 valence electrons. The van der Waals surface area contributed by atoms with Gasteiger partial charge in [-0.25, -0.2) is 4.79 Å².